The van der Waals surface area contributed by atoms with Gasteiger partial charge in [0.15, 0.2) is 5.13 Å². The number of methoxy groups -OCH3 is 1. The van der Waals surface area contributed by atoms with Gasteiger partial charge in [-0.25, -0.2) is 9.78 Å². The number of carbonyl (C=O) groups excluding carboxylic acids is 1. The van der Waals surface area contributed by atoms with Crippen molar-refractivity contribution in [3.63, 3.8) is 0 Å². The monoisotopic (exact) mass is 291 g/mol. The molecule has 20 heavy (non-hydrogen) atoms. The number of aromatic nitrogens is 1. The van der Waals surface area contributed by atoms with E-state index in [-0.39, 0.29) is 0 Å². The fourth-order valence-electron chi connectivity index (χ4n) is 1.65. The van der Waals surface area contributed by atoms with Crippen molar-refractivity contribution in [2.45, 2.75) is 19.8 Å². The Morgan fingerprint density at radius 3 is 2.75 bits per heavy atom. The van der Waals surface area contributed by atoms with Gasteiger partial charge in [0.05, 0.1) is 29.7 Å². The van der Waals surface area contributed by atoms with Gasteiger partial charge in [0, 0.05) is 5.38 Å². The van der Waals surface area contributed by atoms with E-state index in [9.17, 15) is 4.79 Å². The maximum Gasteiger partial charge on any atom is 0.337 e. The predicted molar refractivity (Wildman–Crippen MR) is 81.7 cm³/mol. The number of nitrogens with two attached hydrogens (primary N) is 1. The number of benzene rings is 1. The largest absolute Gasteiger partial charge is 0.465 e. The summed E-state index contributed by atoms with van der Waals surface area (Å²) in [5.74, 6) is -0.0135. The van der Waals surface area contributed by atoms with Gasteiger partial charge < -0.3 is 15.8 Å². The fraction of sp³-hybridized carbons (Fsp3) is 0.286. The van der Waals surface area contributed by atoms with Crippen molar-refractivity contribution in [1.82, 2.24) is 4.98 Å². The lowest BCUT2D eigenvalue weighted by Gasteiger charge is -2.08. The number of anilines is 3. The molecule has 2 aromatic rings. The van der Waals surface area contributed by atoms with Crippen molar-refractivity contribution < 1.29 is 9.53 Å². The van der Waals surface area contributed by atoms with Gasteiger partial charge in [0.25, 0.3) is 0 Å². The van der Waals surface area contributed by atoms with E-state index in [2.05, 4.69) is 28.9 Å². The van der Waals surface area contributed by atoms with E-state index < -0.39 is 5.97 Å². The Kier molecular flexibility index (Phi) is 4.24. The van der Waals surface area contributed by atoms with Crippen molar-refractivity contribution in [2.24, 2.45) is 0 Å². The van der Waals surface area contributed by atoms with E-state index in [0.29, 0.717) is 17.2 Å². The molecule has 1 aromatic carbocycles. The van der Waals surface area contributed by atoms with Crippen molar-refractivity contribution in [3.8, 4) is 0 Å². The fourth-order valence-corrected chi connectivity index (χ4v) is 2.53. The van der Waals surface area contributed by atoms with E-state index in [1.807, 2.05) is 5.38 Å². The number of esters is 1. The summed E-state index contributed by atoms with van der Waals surface area (Å²) in [5, 5.41) is 5.97. The second-order valence-corrected chi connectivity index (χ2v) is 5.51. The zero-order valence-electron chi connectivity index (χ0n) is 11.6. The number of thiazole rings is 1. The molecule has 0 bridgehead atoms. The van der Waals surface area contributed by atoms with Gasteiger partial charge >= 0.3 is 5.97 Å². The highest BCUT2D eigenvalue weighted by Crippen LogP contribution is 2.28. The zero-order chi connectivity index (χ0) is 14.7. The quantitative estimate of drug-likeness (QED) is 0.667. The Bertz CT molecular complexity index is 623. The molecule has 0 amide bonds. The molecule has 0 aliphatic heterocycles. The van der Waals surface area contributed by atoms with Gasteiger partial charge in [-0.15, -0.1) is 11.3 Å². The number of nitrogen functional groups attached to an aromatic ring is 1. The van der Waals surface area contributed by atoms with Crippen molar-refractivity contribution >= 4 is 33.8 Å². The molecule has 3 N–H and O–H groups in total. The highest BCUT2D eigenvalue weighted by molar-refractivity contribution is 7.13. The number of rotatable bonds is 4. The molecule has 0 saturated carbocycles. The Hall–Kier alpha value is -2.08. The summed E-state index contributed by atoms with van der Waals surface area (Å²) in [7, 11) is 1.34. The molecule has 106 valence electrons. The van der Waals surface area contributed by atoms with Crippen LogP contribution in [0.25, 0.3) is 0 Å². The minimum Gasteiger partial charge on any atom is -0.465 e. The normalized spacial score (nSPS) is 10.6. The highest BCUT2D eigenvalue weighted by atomic mass is 32.1. The lowest BCUT2D eigenvalue weighted by Crippen LogP contribution is -2.03. The lowest BCUT2D eigenvalue weighted by molar-refractivity contribution is 0.0601. The standard InChI is InChI=1S/C14H17N3O2S/c1-8(2)12-7-20-14(17-12)16-11-5-4-9(6-10(11)15)13(18)19-3/h4-8H,15H2,1-3H3,(H,16,17). The van der Waals surface area contributed by atoms with Gasteiger partial charge in [0.2, 0.25) is 0 Å². The number of nitrogens with one attached hydrogen (secondary N) is 1. The summed E-state index contributed by atoms with van der Waals surface area (Å²) in [5.41, 5.74) is 8.61. The molecule has 1 aromatic heterocycles. The predicted octanol–water partition coefficient (Wildman–Crippen LogP) is 3.38. The first kappa shape index (κ1) is 14.3. The van der Waals surface area contributed by atoms with E-state index in [4.69, 9.17) is 5.73 Å². The number of hydrogen-bond donors (Lipinski definition) is 2. The smallest absolute Gasteiger partial charge is 0.337 e. The first-order valence-electron chi connectivity index (χ1n) is 6.21. The Balaban J connectivity index is 2.19. The summed E-state index contributed by atoms with van der Waals surface area (Å²) in [4.78, 5) is 15.9. The van der Waals surface area contributed by atoms with Crippen LogP contribution in [0.5, 0.6) is 0 Å². The van der Waals surface area contributed by atoms with Crippen LogP contribution in [0.4, 0.5) is 16.5 Å². The molecule has 0 unspecified atom stereocenters. The van der Waals surface area contributed by atoms with Crippen LogP contribution in [-0.2, 0) is 4.74 Å². The van der Waals surface area contributed by atoms with Crippen LogP contribution in [0.15, 0.2) is 23.6 Å². The van der Waals surface area contributed by atoms with Crippen LogP contribution in [-0.4, -0.2) is 18.1 Å². The van der Waals surface area contributed by atoms with Crippen molar-refractivity contribution in [3.05, 3.63) is 34.8 Å². The zero-order valence-corrected chi connectivity index (χ0v) is 12.5. The molecule has 0 aliphatic rings. The van der Waals surface area contributed by atoms with Crippen LogP contribution in [0.2, 0.25) is 0 Å². The Morgan fingerprint density at radius 1 is 1.45 bits per heavy atom. The molecule has 2 rings (SSSR count). The second-order valence-electron chi connectivity index (χ2n) is 4.65. The first-order valence-corrected chi connectivity index (χ1v) is 7.09. The van der Waals surface area contributed by atoms with E-state index in [1.54, 1.807) is 18.2 Å². The molecule has 5 nitrogen and oxygen atoms in total. The van der Waals surface area contributed by atoms with Crippen LogP contribution >= 0.6 is 11.3 Å². The minimum atomic E-state index is -0.403. The molecule has 0 atom stereocenters. The molecule has 0 saturated heterocycles. The lowest BCUT2D eigenvalue weighted by atomic mass is 10.1. The number of carbonyl (C=O) groups is 1. The molecule has 0 radical (unpaired) electrons. The molecule has 6 heteroatoms. The van der Waals surface area contributed by atoms with Gasteiger partial charge in [0.1, 0.15) is 0 Å². The SMILES string of the molecule is COC(=O)c1ccc(Nc2nc(C(C)C)cs2)c(N)c1. The molecule has 0 aliphatic carbocycles. The highest BCUT2D eigenvalue weighted by Gasteiger charge is 2.10. The topological polar surface area (TPSA) is 77.2 Å². The van der Waals surface area contributed by atoms with Gasteiger partial charge in [-0.3, -0.25) is 0 Å². The number of nitrogens with zero attached hydrogens (tertiary/aromatic N) is 1. The maximum atomic E-state index is 11.4. The Labute approximate surface area is 121 Å². The number of hydrogen-bond acceptors (Lipinski definition) is 6. The summed E-state index contributed by atoms with van der Waals surface area (Å²) in [6.07, 6.45) is 0. The average Bonchev–Trinajstić information content (AvgIpc) is 2.89. The van der Waals surface area contributed by atoms with E-state index in [0.717, 1.165) is 16.5 Å². The second kappa shape index (κ2) is 5.92. The van der Waals surface area contributed by atoms with E-state index in [1.165, 1.54) is 18.4 Å². The van der Waals surface area contributed by atoms with Crippen LogP contribution in [0, 0.1) is 0 Å². The van der Waals surface area contributed by atoms with Gasteiger partial charge in [-0.05, 0) is 24.1 Å². The van der Waals surface area contributed by atoms with Crippen molar-refractivity contribution in [1.29, 1.82) is 0 Å². The van der Waals surface area contributed by atoms with Gasteiger partial charge in [-0.2, -0.15) is 0 Å². The molecular formula is C14H17N3O2S. The van der Waals surface area contributed by atoms with Crippen LogP contribution < -0.4 is 11.1 Å². The summed E-state index contributed by atoms with van der Waals surface area (Å²) >= 11 is 1.53. The summed E-state index contributed by atoms with van der Waals surface area (Å²) in [6, 6.07) is 5.00. The minimum absolute atomic E-state index is 0.390. The third-order valence-corrected chi connectivity index (χ3v) is 3.60. The Morgan fingerprint density at radius 2 is 2.20 bits per heavy atom. The van der Waals surface area contributed by atoms with Crippen LogP contribution in [0.1, 0.15) is 35.8 Å². The molecular weight excluding hydrogens is 274 g/mol. The average molecular weight is 291 g/mol. The van der Waals surface area contributed by atoms with Gasteiger partial charge in [-0.1, -0.05) is 13.8 Å². The third-order valence-electron chi connectivity index (χ3n) is 2.83. The summed E-state index contributed by atoms with van der Waals surface area (Å²) < 4.78 is 4.65. The molecule has 0 fully saturated rings. The van der Waals surface area contributed by atoms with Crippen molar-refractivity contribution in [2.75, 3.05) is 18.2 Å². The third kappa shape index (κ3) is 3.08. The maximum absolute atomic E-state index is 11.4. The molecule has 0 spiro atoms. The summed E-state index contributed by atoms with van der Waals surface area (Å²) in [6.45, 7) is 4.19. The first-order chi connectivity index (χ1) is 9.51. The molecule has 1 heterocycles. The van der Waals surface area contributed by atoms with E-state index >= 15 is 0 Å². The van der Waals surface area contributed by atoms with Crippen LogP contribution in [0.3, 0.4) is 0 Å². The number of ether oxygens (including phenoxy) is 1.